The molecule has 2 heteroatoms. The van der Waals surface area contributed by atoms with Crippen molar-refractivity contribution in [1.29, 1.82) is 0 Å². The Morgan fingerprint density at radius 3 is 2.29 bits per heavy atom. The molecule has 0 radical (unpaired) electrons. The highest BCUT2D eigenvalue weighted by Gasteiger charge is 1.98. The highest BCUT2D eigenvalue weighted by molar-refractivity contribution is 5.71. The summed E-state index contributed by atoms with van der Waals surface area (Å²) in [5.74, 6) is 1.03. The van der Waals surface area contributed by atoms with Crippen molar-refractivity contribution in [2.24, 2.45) is 4.99 Å². The van der Waals surface area contributed by atoms with Crippen LogP contribution in [0.1, 0.15) is 6.92 Å². The van der Waals surface area contributed by atoms with Crippen molar-refractivity contribution in [3.8, 4) is 0 Å². The molecule has 0 aromatic heterocycles. The fourth-order valence-corrected chi connectivity index (χ4v) is 0.674. The second kappa shape index (κ2) is 6.66. The molecule has 0 aromatic rings. The third-order valence-corrected chi connectivity index (χ3v) is 1.38. The van der Waals surface area contributed by atoms with Crippen LogP contribution >= 0.6 is 0 Å². The van der Waals surface area contributed by atoms with E-state index >= 15 is 0 Å². The van der Waals surface area contributed by atoms with Gasteiger partial charge in [-0.2, -0.15) is 0 Å². The zero-order chi connectivity index (χ0) is 11.0. The van der Waals surface area contributed by atoms with Gasteiger partial charge in [0.25, 0.3) is 0 Å². The first-order valence-electron chi connectivity index (χ1n) is 4.13. The predicted octanol–water partition coefficient (Wildman–Crippen LogP) is 3.38. The summed E-state index contributed by atoms with van der Waals surface area (Å²) in [4.78, 5) is 4.07. The summed E-state index contributed by atoms with van der Waals surface area (Å²) in [7, 11) is 0. The van der Waals surface area contributed by atoms with E-state index in [9.17, 15) is 0 Å². The third-order valence-electron chi connectivity index (χ3n) is 1.38. The van der Waals surface area contributed by atoms with E-state index in [0.717, 1.165) is 0 Å². The molecule has 0 fully saturated rings. The van der Waals surface area contributed by atoms with E-state index in [2.05, 4.69) is 31.3 Å². The fraction of sp³-hybridized carbons (Fsp3) is 0.0833. The lowest BCUT2D eigenvalue weighted by molar-refractivity contribution is 0.333. The molecule has 0 saturated heterocycles. The number of allylic oxidation sites excluding steroid dienone is 4. The van der Waals surface area contributed by atoms with E-state index < -0.39 is 0 Å². The lowest BCUT2D eigenvalue weighted by atomic mass is 10.4. The molecule has 74 valence electrons. The van der Waals surface area contributed by atoms with Gasteiger partial charge in [0.2, 0.25) is 0 Å². The largest absolute Gasteiger partial charge is 0.456 e. The van der Waals surface area contributed by atoms with Crippen LogP contribution in [0, 0.1) is 0 Å². The number of nitrogens with zero attached hydrogens (tertiary/aromatic N) is 1. The Morgan fingerprint density at radius 1 is 1.21 bits per heavy atom. The number of rotatable bonds is 6. The van der Waals surface area contributed by atoms with E-state index in [1.165, 1.54) is 6.08 Å². The zero-order valence-electron chi connectivity index (χ0n) is 8.49. The van der Waals surface area contributed by atoms with Crippen LogP contribution in [0.15, 0.2) is 66.8 Å². The van der Waals surface area contributed by atoms with Crippen LogP contribution in [-0.4, -0.2) is 6.21 Å². The number of hydrogen-bond donors (Lipinski definition) is 0. The number of ether oxygens (including phenoxy) is 1. The van der Waals surface area contributed by atoms with Gasteiger partial charge in [-0.3, -0.25) is 4.99 Å². The second-order valence-electron chi connectivity index (χ2n) is 2.44. The molecule has 0 aliphatic heterocycles. The molecule has 0 bridgehead atoms. The van der Waals surface area contributed by atoms with Crippen molar-refractivity contribution >= 4 is 6.21 Å². The first-order chi connectivity index (χ1) is 6.65. The summed E-state index contributed by atoms with van der Waals surface area (Å²) in [6.07, 6.45) is 6.27. The van der Waals surface area contributed by atoms with Gasteiger partial charge in [-0.15, -0.1) is 0 Å². The SMILES string of the molecule is C=CC=N/C(C)=C(\C=C)OC(=C)C=C. The average Bonchev–Trinajstić information content (AvgIpc) is 2.21. The molecule has 0 unspecified atom stereocenters. The minimum absolute atomic E-state index is 0.466. The molecular formula is C12H15NO. The van der Waals surface area contributed by atoms with Gasteiger partial charge in [0.15, 0.2) is 0 Å². The summed E-state index contributed by atoms with van der Waals surface area (Å²) in [6.45, 7) is 16.1. The van der Waals surface area contributed by atoms with Crippen molar-refractivity contribution in [3.05, 3.63) is 61.8 Å². The topological polar surface area (TPSA) is 21.6 Å². The zero-order valence-corrected chi connectivity index (χ0v) is 8.49. The Kier molecular flexibility index (Phi) is 5.79. The molecule has 0 aliphatic carbocycles. The van der Waals surface area contributed by atoms with Crippen LogP contribution in [-0.2, 0) is 4.74 Å². The van der Waals surface area contributed by atoms with Crippen LogP contribution < -0.4 is 0 Å². The first-order valence-corrected chi connectivity index (χ1v) is 4.13. The Labute approximate surface area is 85.3 Å². The van der Waals surface area contributed by atoms with Crippen LogP contribution in [0.4, 0.5) is 0 Å². The highest BCUT2D eigenvalue weighted by atomic mass is 16.5. The molecule has 0 heterocycles. The summed E-state index contributed by atoms with van der Waals surface area (Å²) >= 11 is 0. The third kappa shape index (κ3) is 4.26. The molecule has 0 amide bonds. The predicted molar refractivity (Wildman–Crippen MR) is 62.0 cm³/mol. The van der Waals surface area contributed by atoms with Gasteiger partial charge in [0.1, 0.15) is 11.5 Å². The van der Waals surface area contributed by atoms with Gasteiger partial charge in [0, 0.05) is 6.21 Å². The molecule has 0 aliphatic rings. The van der Waals surface area contributed by atoms with Crippen molar-refractivity contribution < 1.29 is 4.74 Å². The maximum absolute atomic E-state index is 5.31. The molecule has 2 nitrogen and oxygen atoms in total. The minimum Gasteiger partial charge on any atom is -0.456 e. The maximum Gasteiger partial charge on any atom is 0.147 e. The monoisotopic (exact) mass is 189 g/mol. The summed E-state index contributed by atoms with van der Waals surface area (Å²) in [6, 6.07) is 0. The molecule has 0 saturated carbocycles. The number of aliphatic imine (C=N–C) groups is 1. The van der Waals surface area contributed by atoms with Gasteiger partial charge in [-0.25, -0.2) is 0 Å². The maximum atomic E-state index is 5.31. The number of hydrogen-bond acceptors (Lipinski definition) is 2. The Hall–Kier alpha value is -1.83. The summed E-state index contributed by atoms with van der Waals surface area (Å²) in [5, 5.41) is 0. The molecule has 14 heavy (non-hydrogen) atoms. The van der Waals surface area contributed by atoms with E-state index in [-0.39, 0.29) is 0 Å². The van der Waals surface area contributed by atoms with E-state index in [1.54, 1.807) is 18.4 Å². The Bertz CT molecular complexity index is 308. The van der Waals surface area contributed by atoms with Gasteiger partial charge in [-0.05, 0) is 19.1 Å². The summed E-state index contributed by atoms with van der Waals surface area (Å²) in [5.41, 5.74) is 0.711. The van der Waals surface area contributed by atoms with Crippen molar-refractivity contribution in [3.63, 3.8) is 0 Å². The molecule has 0 spiro atoms. The van der Waals surface area contributed by atoms with E-state index in [1.807, 2.05) is 6.92 Å². The lowest BCUT2D eigenvalue weighted by Crippen LogP contribution is -1.90. The van der Waals surface area contributed by atoms with Crippen LogP contribution in [0.2, 0.25) is 0 Å². The molecule has 0 rings (SSSR count). The average molecular weight is 189 g/mol. The van der Waals surface area contributed by atoms with Gasteiger partial charge in [0.05, 0.1) is 5.70 Å². The van der Waals surface area contributed by atoms with Crippen molar-refractivity contribution in [2.75, 3.05) is 0 Å². The smallest absolute Gasteiger partial charge is 0.147 e. The van der Waals surface area contributed by atoms with Crippen LogP contribution in [0.5, 0.6) is 0 Å². The fourth-order valence-electron chi connectivity index (χ4n) is 0.674. The standard InChI is InChI=1S/C12H15NO/c1-6-9-13-11(5)12(8-3)14-10(4)7-2/h6-9H,1-4H2,5H3/b12-11+,13-9?. The van der Waals surface area contributed by atoms with Gasteiger partial charge in [-0.1, -0.05) is 32.4 Å². The Balaban J connectivity index is 4.74. The van der Waals surface area contributed by atoms with E-state index in [4.69, 9.17) is 4.74 Å². The van der Waals surface area contributed by atoms with Crippen molar-refractivity contribution in [2.45, 2.75) is 6.92 Å². The quantitative estimate of drug-likeness (QED) is 0.356. The molecule has 0 N–H and O–H groups in total. The molecule has 0 atom stereocenters. The summed E-state index contributed by atoms with van der Waals surface area (Å²) < 4.78 is 5.31. The van der Waals surface area contributed by atoms with Gasteiger partial charge < -0.3 is 4.74 Å². The Morgan fingerprint density at radius 2 is 1.86 bits per heavy atom. The molecule has 0 aromatic carbocycles. The lowest BCUT2D eigenvalue weighted by Gasteiger charge is -2.06. The minimum atomic E-state index is 0.466. The second-order valence-corrected chi connectivity index (χ2v) is 2.44. The normalized spacial score (nSPS) is 11.8. The van der Waals surface area contributed by atoms with Crippen molar-refractivity contribution in [1.82, 2.24) is 0 Å². The molecular weight excluding hydrogens is 174 g/mol. The van der Waals surface area contributed by atoms with Crippen LogP contribution in [0.3, 0.4) is 0 Å². The highest BCUT2D eigenvalue weighted by Crippen LogP contribution is 2.12. The van der Waals surface area contributed by atoms with Crippen LogP contribution in [0.25, 0.3) is 0 Å². The van der Waals surface area contributed by atoms with Gasteiger partial charge >= 0.3 is 0 Å². The first kappa shape index (κ1) is 12.2. The van der Waals surface area contributed by atoms with E-state index in [0.29, 0.717) is 17.2 Å².